The lowest BCUT2D eigenvalue weighted by Crippen LogP contribution is -2.35. The zero-order valence-electron chi connectivity index (χ0n) is 18.1. The van der Waals surface area contributed by atoms with Gasteiger partial charge < -0.3 is 21.1 Å². The number of primary amides is 1. The number of ether oxygens (including phenoxy) is 1. The Hall–Kier alpha value is -3.38. The highest BCUT2D eigenvalue weighted by Gasteiger charge is 2.20. The molecular formula is C23H22N6O3S2. The fourth-order valence-electron chi connectivity index (χ4n) is 3.65. The monoisotopic (exact) mass is 494 g/mol. The molecule has 34 heavy (non-hydrogen) atoms. The van der Waals surface area contributed by atoms with Crippen molar-refractivity contribution in [3.63, 3.8) is 0 Å². The van der Waals surface area contributed by atoms with Crippen LogP contribution in [0.2, 0.25) is 0 Å². The number of anilines is 3. The zero-order valence-corrected chi connectivity index (χ0v) is 19.7. The molecule has 1 fully saturated rings. The first-order chi connectivity index (χ1) is 16.5. The third-order valence-corrected chi connectivity index (χ3v) is 7.19. The van der Waals surface area contributed by atoms with Crippen molar-refractivity contribution in [3.05, 3.63) is 64.2 Å². The number of nitrogens with one attached hydrogen (secondary N) is 2. The SMILES string of the molecule is NC(=O)c1nc(Nc2ccc3cnccc3c2)sc1NC(=O)c1csc(CN2CCOCC2)c1. The number of fused-ring (bicyclic) bond motifs is 1. The minimum absolute atomic E-state index is 0.0228. The summed E-state index contributed by atoms with van der Waals surface area (Å²) in [4.78, 5) is 36.7. The Morgan fingerprint density at radius 2 is 2.00 bits per heavy atom. The number of benzene rings is 1. The number of thiazole rings is 1. The molecule has 0 saturated carbocycles. The van der Waals surface area contributed by atoms with Crippen LogP contribution >= 0.6 is 22.7 Å². The molecule has 4 heterocycles. The Balaban J connectivity index is 1.30. The van der Waals surface area contributed by atoms with Gasteiger partial charge in [-0.05, 0) is 29.7 Å². The van der Waals surface area contributed by atoms with E-state index in [1.165, 1.54) is 11.3 Å². The van der Waals surface area contributed by atoms with E-state index in [0.717, 1.165) is 65.5 Å². The molecular weight excluding hydrogens is 472 g/mol. The molecule has 0 spiro atoms. The van der Waals surface area contributed by atoms with Gasteiger partial charge in [-0.1, -0.05) is 17.4 Å². The Morgan fingerprint density at radius 3 is 2.82 bits per heavy atom. The highest BCUT2D eigenvalue weighted by atomic mass is 32.1. The summed E-state index contributed by atoms with van der Waals surface area (Å²) in [5.41, 5.74) is 6.88. The number of hydrogen-bond acceptors (Lipinski definition) is 9. The van der Waals surface area contributed by atoms with Crippen molar-refractivity contribution in [2.75, 3.05) is 36.9 Å². The molecule has 0 atom stereocenters. The molecule has 5 rings (SSSR count). The predicted octanol–water partition coefficient (Wildman–Crippen LogP) is 3.68. The van der Waals surface area contributed by atoms with Crippen LogP contribution in [0.3, 0.4) is 0 Å². The highest BCUT2D eigenvalue weighted by molar-refractivity contribution is 7.20. The van der Waals surface area contributed by atoms with Gasteiger partial charge in [0.2, 0.25) is 0 Å². The van der Waals surface area contributed by atoms with Crippen LogP contribution in [0, 0.1) is 0 Å². The van der Waals surface area contributed by atoms with E-state index in [2.05, 4.69) is 25.5 Å². The second-order valence-corrected chi connectivity index (χ2v) is 9.76. The van der Waals surface area contributed by atoms with E-state index in [0.29, 0.717) is 15.7 Å². The molecule has 0 unspecified atom stereocenters. The van der Waals surface area contributed by atoms with E-state index in [-0.39, 0.29) is 11.6 Å². The van der Waals surface area contributed by atoms with E-state index in [1.54, 1.807) is 12.4 Å². The van der Waals surface area contributed by atoms with Crippen LogP contribution in [-0.2, 0) is 11.3 Å². The van der Waals surface area contributed by atoms with Gasteiger partial charge >= 0.3 is 0 Å². The van der Waals surface area contributed by atoms with Gasteiger partial charge in [0.25, 0.3) is 11.8 Å². The molecule has 11 heteroatoms. The number of amides is 2. The lowest BCUT2D eigenvalue weighted by atomic mass is 10.1. The third kappa shape index (κ3) is 5.07. The lowest BCUT2D eigenvalue weighted by Gasteiger charge is -2.25. The number of pyridine rings is 1. The molecule has 9 nitrogen and oxygen atoms in total. The van der Waals surface area contributed by atoms with Crippen molar-refractivity contribution < 1.29 is 14.3 Å². The number of rotatable bonds is 7. The van der Waals surface area contributed by atoms with E-state index >= 15 is 0 Å². The number of morpholine rings is 1. The molecule has 1 aliphatic rings. The molecule has 2 amide bonds. The highest BCUT2D eigenvalue weighted by Crippen LogP contribution is 2.32. The van der Waals surface area contributed by atoms with Crippen molar-refractivity contribution in [1.82, 2.24) is 14.9 Å². The Bertz CT molecular complexity index is 1350. The van der Waals surface area contributed by atoms with Gasteiger partial charge in [0, 0.05) is 53.4 Å². The maximum Gasteiger partial charge on any atom is 0.270 e. The number of nitrogens with two attached hydrogens (primary N) is 1. The standard InChI is InChI=1S/C23H22N6O3S2/c24-20(30)19-22(28-21(31)16-10-18(33-13-16)12-29-5-7-32-8-6-29)34-23(27-19)26-17-2-1-15-11-25-4-3-14(15)9-17/h1-4,9-11,13H,5-8,12H2,(H2,24,30)(H,26,27)(H,28,31). The predicted molar refractivity (Wildman–Crippen MR) is 134 cm³/mol. The Kier molecular flexibility index (Phi) is 6.50. The van der Waals surface area contributed by atoms with Crippen LogP contribution in [0.25, 0.3) is 10.8 Å². The minimum Gasteiger partial charge on any atom is -0.379 e. The summed E-state index contributed by atoms with van der Waals surface area (Å²) >= 11 is 2.70. The molecule has 0 bridgehead atoms. The van der Waals surface area contributed by atoms with Gasteiger partial charge in [-0.25, -0.2) is 4.98 Å². The number of nitrogens with zero attached hydrogens (tertiary/aromatic N) is 3. The topological polar surface area (TPSA) is 122 Å². The molecule has 0 aliphatic carbocycles. The average Bonchev–Trinajstić information content (AvgIpc) is 3.47. The molecule has 3 aromatic heterocycles. The van der Waals surface area contributed by atoms with Gasteiger partial charge in [0.05, 0.1) is 18.8 Å². The van der Waals surface area contributed by atoms with Crippen LogP contribution in [0.15, 0.2) is 48.1 Å². The van der Waals surface area contributed by atoms with Gasteiger partial charge in [0.1, 0.15) is 5.00 Å². The summed E-state index contributed by atoms with van der Waals surface area (Å²) in [6, 6.07) is 9.60. The number of carbonyl (C=O) groups is 2. The Morgan fingerprint density at radius 1 is 1.15 bits per heavy atom. The van der Waals surface area contributed by atoms with Gasteiger partial charge in [-0.15, -0.1) is 11.3 Å². The maximum atomic E-state index is 12.9. The minimum atomic E-state index is -0.706. The maximum absolute atomic E-state index is 12.9. The van der Waals surface area contributed by atoms with E-state index in [4.69, 9.17) is 10.5 Å². The van der Waals surface area contributed by atoms with Gasteiger partial charge in [-0.2, -0.15) is 0 Å². The molecule has 1 aromatic carbocycles. The number of hydrogen-bond donors (Lipinski definition) is 3. The fourth-order valence-corrected chi connectivity index (χ4v) is 5.44. The van der Waals surface area contributed by atoms with Crippen molar-refractivity contribution >= 4 is 61.1 Å². The number of thiophene rings is 1. The van der Waals surface area contributed by atoms with Crippen LogP contribution in [0.1, 0.15) is 25.7 Å². The van der Waals surface area contributed by atoms with Crippen LogP contribution < -0.4 is 16.4 Å². The second-order valence-electron chi connectivity index (χ2n) is 7.77. The smallest absolute Gasteiger partial charge is 0.270 e. The van der Waals surface area contributed by atoms with Crippen LogP contribution in [0.4, 0.5) is 15.8 Å². The molecule has 174 valence electrons. The summed E-state index contributed by atoms with van der Waals surface area (Å²) in [5, 5.41) is 10.6. The molecule has 1 aliphatic heterocycles. The van der Waals surface area contributed by atoms with Gasteiger partial charge in [-0.3, -0.25) is 19.5 Å². The van der Waals surface area contributed by atoms with Gasteiger partial charge in [0.15, 0.2) is 10.8 Å². The van der Waals surface area contributed by atoms with Crippen molar-refractivity contribution in [2.45, 2.75) is 6.54 Å². The van der Waals surface area contributed by atoms with Crippen LogP contribution in [0.5, 0.6) is 0 Å². The summed E-state index contributed by atoms with van der Waals surface area (Å²) in [7, 11) is 0. The summed E-state index contributed by atoms with van der Waals surface area (Å²) in [5.74, 6) is -1.01. The first kappa shape index (κ1) is 22.4. The van der Waals surface area contributed by atoms with E-state index in [9.17, 15) is 9.59 Å². The molecule has 0 radical (unpaired) electrons. The summed E-state index contributed by atoms with van der Waals surface area (Å²) in [6.45, 7) is 4.00. The van der Waals surface area contributed by atoms with E-state index < -0.39 is 5.91 Å². The molecule has 1 saturated heterocycles. The summed E-state index contributed by atoms with van der Waals surface area (Å²) in [6.07, 6.45) is 3.52. The van der Waals surface area contributed by atoms with Crippen molar-refractivity contribution in [3.8, 4) is 0 Å². The van der Waals surface area contributed by atoms with Crippen LogP contribution in [-0.4, -0.2) is 53.0 Å². The number of carbonyl (C=O) groups excluding carboxylic acids is 2. The second kappa shape index (κ2) is 9.85. The summed E-state index contributed by atoms with van der Waals surface area (Å²) < 4.78 is 5.38. The van der Waals surface area contributed by atoms with E-state index in [1.807, 2.05) is 35.7 Å². The normalized spacial score (nSPS) is 14.2. The van der Waals surface area contributed by atoms with Crippen molar-refractivity contribution in [1.29, 1.82) is 0 Å². The largest absolute Gasteiger partial charge is 0.379 e. The molecule has 4 aromatic rings. The quantitative estimate of drug-likeness (QED) is 0.358. The first-order valence-electron chi connectivity index (χ1n) is 10.7. The first-order valence-corrected chi connectivity index (χ1v) is 12.3. The number of aromatic nitrogens is 2. The fraction of sp³-hybridized carbons (Fsp3) is 0.217. The third-order valence-electron chi connectivity index (χ3n) is 5.38. The zero-order chi connectivity index (χ0) is 23.5. The van der Waals surface area contributed by atoms with Crippen molar-refractivity contribution in [2.24, 2.45) is 5.73 Å². The Labute approximate surface area is 203 Å². The average molecular weight is 495 g/mol. The molecule has 4 N–H and O–H groups in total. The lowest BCUT2D eigenvalue weighted by molar-refractivity contribution is 0.0346.